The van der Waals surface area contributed by atoms with E-state index >= 15 is 0 Å². The number of benzene rings is 1. The largest absolute Gasteiger partial charge is 0.451 e. The van der Waals surface area contributed by atoms with Crippen LogP contribution < -0.4 is 5.69 Å². The Labute approximate surface area is 149 Å². The van der Waals surface area contributed by atoms with Crippen LogP contribution in [0.3, 0.4) is 0 Å². The zero-order chi connectivity index (χ0) is 19.9. The van der Waals surface area contributed by atoms with E-state index in [0.29, 0.717) is 4.57 Å². The van der Waals surface area contributed by atoms with Gasteiger partial charge in [0.2, 0.25) is 5.82 Å². The Morgan fingerprint density at radius 1 is 1.15 bits per heavy atom. The Morgan fingerprint density at radius 3 is 2.30 bits per heavy atom. The van der Waals surface area contributed by atoms with E-state index in [0.717, 1.165) is 29.9 Å². The molecule has 0 radical (unpaired) electrons. The number of carbonyl (C=O) groups excluding carboxylic acids is 1. The highest BCUT2D eigenvalue weighted by Gasteiger charge is 2.39. The molecule has 1 amide bonds. The number of likely N-dealkylation sites (tertiary alicyclic amines) is 1. The van der Waals surface area contributed by atoms with E-state index in [1.165, 1.54) is 4.90 Å². The predicted octanol–water partition coefficient (Wildman–Crippen LogP) is 2.36. The fraction of sp³-hybridized carbons (Fsp3) is 0.438. The van der Waals surface area contributed by atoms with Crippen molar-refractivity contribution in [2.75, 3.05) is 13.1 Å². The summed E-state index contributed by atoms with van der Waals surface area (Å²) in [6, 6.07) is 2.21. The molecule has 1 aliphatic heterocycles. The second-order valence-corrected chi connectivity index (χ2v) is 6.26. The molecular formula is C16H15F5N4O2. The van der Waals surface area contributed by atoms with E-state index in [9.17, 15) is 31.5 Å². The summed E-state index contributed by atoms with van der Waals surface area (Å²) < 4.78 is 66.1. The number of amides is 1. The lowest BCUT2D eigenvalue weighted by Gasteiger charge is -2.31. The Bertz CT molecular complexity index is 926. The highest BCUT2D eigenvalue weighted by Crippen LogP contribution is 2.28. The van der Waals surface area contributed by atoms with E-state index in [2.05, 4.69) is 5.10 Å². The molecule has 0 spiro atoms. The van der Waals surface area contributed by atoms with Crippen molar-refractivity contribution < 1.29 is 26.7 Å². The SMILES string of the molecule is Cn1c(C(F)(F)F)nn(C2CCN(C(=O)c3ccc(F)c(F)c3)CC2)c1=O. The summed E-state index contributed by atoms with van der Waals surface area (Å²) in [6.45, 7) is 0.291. The van der Waals surface area contributed by atoms with Gasteiger partial charge in [-0.3, -0.25) is 9.36 Å². The van der Waals surface area contributed by atoms with Crippen molar-refractivity contribution in [1.82, 2.24) is 19.2 Å². The standard InChI is InChI=1S/C16H15F5N4O2/c1-23-14(16(19,20)21)22-25(15(23)27)10-4-6-24(7-5-10)13(26)9-2-3-11(17)12(18)8-9/h2-3,8,10H,4-7H2,1H3. The normalized spacial score (nSPS) is 16.0. The van der Waals surface area contributed by atoms with Gasteiger partial charge < -0.3 is 4.90 Å². The molecule has 0 atom stereocenters. The summed E-state index contributed by atoms with van der Waals surface area (Å²) >= 11 is 0. The van der Waals surface area contributed by atoms with Gasteiger partial charge in [0.15, 0.2) is 11.6 Å². The van der Waals surface area contributed by atoms with Crippen LogP contribution in [0.25, 0.3) is 0 Å². The van der Waals surface area contributed by atoms with Crippen molar-refractivity contribution in [3.05, 3.63) is 51.7 Å². The van der Waals surface area contributed by atoms with E-state index in [4.69, 9.17) is 0 Å². The van der Waals surface area contributed by atoms with E-state index in [1.54, 1.807) is 0 Å². The summed E-state index contributed by atoms with van der Waals surface area (Å²) in [7, 11) is 0.996. The fourth-order valence-corrected chi connectivity index (χ4v) is 3.07. The average molecular weight is 390 g/mol. The summed E-state index contributed by atoms with van der Waals surface area (Å²) in [5.41, 5.74) is -0.908. The maximum absolute atomic E-state index is 13.3. The van der Waals surface area contributed by atoms with Crippen LogP contribution in [0.5, 0.6) is 0 Å². The second kappa shape index (κ2) is 6.78. The van der Waals surface area contributed by atoms with Gasteiger partial charge in [0, 0.05) is 25.7 Å². The zero-order valence-corrected chi connectivity index (χ0v) is 14.1. The molecule has 0 aliphatic carbocycles. The summed E-state index contributed by atoms with van der Waals surface area (Å²) in [5.74, 6) is -4.01. The summed E-state index contributed by atoms with van der Waals surface area (Å²) in [4.78, 5) is 25.8. The van der Waals surface area contributed by atoms with Gasteiger partial charge in [-0.2, -0.15) is 13.2 Å². The molecule has 0 unspecified atom stereocenters. The van der Waals surface area contributed by atoms with Gasteiger partial charge in [0.05, 0.1) is 6.04 Å². The number of rotatable bonds is 2. The molecule has 6 nitrogen and oxygen atoms in total. The van der Waals surface area contributed by atoms with Gasteiger partial charge in [-0.1, -0.05) is 0 Å². The van der Waals surface area contributed by atoms with E-state index in [-0.39, 0.29) is 31.5 Å². The molecule has 1 aromatic carbocycles. The average Bonchev–Trinajstić information content (AvgIpc) is 2.92. The van der Waals surface area contributed by atoms with Crippen LogP contribution in [0.1, 0.15) is 35.1 Å². The van der Waals surface area contributed by atoms with Gasteiger partial charge in [-0.15, -0.1) is 5.10 Å². The van der Waals surface area contributed by atoms with Crippen LogP contribution in [-0.4, -0.2) is 38.2 Å². The van der Waals surface area contributed by atoms with Crippen LogP contribution in [0.4, 0.5) is 22.0 Å². The van der Waals surface area contributed by atoms with Gasteiger partial charge in [0.25, 0.3) is 5.91 Å². The molecule has 3 rings (SSSR count). The Balaban J connectivity index is 1.73. The predicted molar refractivity (Wildman–Crippen MR) is 83.0 cm³/mol. The third-order valence-corrected chi connectivity index (χ3v) is 4.52. The molecule has 146 valence electrons. The summed E-state index contributed by atoms with van der Waals surface area (Å²) in [5, 5.41) is 3.40. The van der Waals surface area contributed by atoms with E-state index in [1.807, 2.05) is 0 Å². The molecule has 1 saturated heterocycles. The monoisotopic (exact) mass is 390 g/mol. The number of nitrogens with zero attached hydrogens (tertiary/aromatic N) is 4. The van der Waals surface area contributed by atoms with Gasteiger partial charge in [-0.05, 0) is 31.0 Å². The van der Waals surface area contributed by atoms with E-state index < -0.39 is 41.3 Å². The number of hydrogen-bond donors (Lipinski definition) is 0. The zero-order valence-electron chi connectivity index (χ0n) is 14.1. The second-order valence-electron chi connectivity index (χ2n) is 6.26. The Morgan fingerprint density at radius 2 is 1.78 bits per heavy atom. The van der Waals surface area contributed by atoms with Crippen molar-refractivity contribution in [1.29, 1.82) is 0 Å². The number of carbonyl (C=O) groups is 1. The summed E-state index contributed by atoms with van der Waals surface area (Å²) in [6.07, 6.45) is -4.32. The molecule has 0 saturated carbocycles. The van der Waals surface area contributed by atoms with Crippen molar-refractivity contribution in [2.24, 2.45) is 7.05 Å². The van der Waals surface area contributed by atoms with Gasteiger partial charge >= 0.3 is 11.9 Å². The first kappa shape index (κ1) is 19.1. The minimum atomic E-state index is -4.75. The lowest BCUT2D eigenvalue weighted by molar-refractivity contribution is -0.147. The molecule has 27 heavy (non-hydrogen) atoms. The number of halogens is 5. The smallest absolute Gasteiger partial charge is 0.338 e. The molecule has 1 aromatic heterocycles. The third-order valence-electron chi connectivity index (χ3n) is 4.52. The van der Waals surface area contributed by atoms with Crippen molar-refractivity contribution in [3.63, 3.8) is 0 Å². The van der Waals surface area contributed by atoms with Crippen molar-refractivity contribution in [2.45, 2.75) is 25.1 Å². The molecule has 0 N–H and O–H groups in total. The number of hydrogen-bond acceptors (Lipinski definition) is 3. The lowest BCUT2D eigenvalue weighted by atomic mass is 10.0. The molecule has 2 aromatic rings. The minimum Gasteiger partial charge on any atom is -0.338 e. The van der Waals surface area contributed by atoms with Crippen LogP contribution >= 0.6 is 0 Å². The first-order valence-electron chi connectivity index (χ1n) is 8.06. The topological polar surface area (TPSA) is 60.1 Å². The molecule has 0 bridgehead atoms. The van der Waals surface area contributed by atoms with Gasteiger partial charge in [0.1, 0.15) is 0 Å². The molecular weight excluding hydrogens is 375 g/mol. The Hall–Kier alpha value is -2.72. The number of alkyl halides is 3. The Kier molecular flexibility index (Phi) is 4.79. The maximum Gasteiger partial charge on any atom is 0.451 e. The minimum absolute atomic E-state index is 0.0262. The number of aromatic nitrogens is 3. The van der Waals surface area contributed by atoms with Crippen LogP contribution in [0.2, 0.25) is 0 Å². The third kappa shape index (κ3) is 3.58. The lowest BCUT2D eigenvalue weighted by Crippen LogP contribution is -2.41. The van der Waals surface area contributed by atoms with Gasteiger partial charge in [-0.25, -0.2) is 18.3 Å². The fourth-order valence-electron chi connectivity index (χ4n) is 3.07. The molecule has 1 fully saturated rings. The highest BCUT2D eigenvalue weighted by molar-refractivity contribution is 5.94. The molecule has 11 heteroatoms. The number of piperidine rings is 1. The first-order valence-corrected chi connectivity index (χ1v) is 8.06. The van der Waals surface area contributed by atoms with Crippen molar-refractivity contribution in [3.8, 4) is 0 Å². The van der Waals surface area contributed by atoms with Crippen LogP contribution in [0, 0.1) is 11.6 Å². The highest BCUT2D eigenvalue weighted by atomic mass is 19.4. The molecule has 2 heterocycles. The maximum atomic E-state index is 13.3. The van der Waals surface area contributed by atoms with Crippen LogP contribution in [-0.2, 0) is 13.2 Å². The quantitative estimate of drug-likeness (QED) is 0.740. The molecule has 1 aliphatic rings. The van der Waals surface area contributed by atoms with Crippen LogP contribution in [0.15, 0.2) is 23.0 Å². The van der Waals surface area contributed by atoms with Crippen molar-refractivity contribution >= 4 is 5.91 Å². The first-order chi connectivity index (χ1) is 12.6.